The largest absolute Gasteiger partial charge is 0.483 e. The van der Waals surface area contributed by atoms with Gasteiger partial charge in [-0.3, -0.25) is 0 Å². The summed E-state index contributed by atoms with van der Waals surface area (Å²) in [7, 11) is 0. The molecule has 0 saturated heterocycles. The van der Waals surface area contributed by atoms with Crippen molar-refractivity contribution >= 4 is 11.8 Å². The van der Waals surface area contributed by atoms with Crippen molar-refractivity contribution in [2.45, 2.75) is 0 Å². The fourth-order valence-corrected chi connectivity index (χ4v) is 1.78. The molecule has 0 saturated carbocycles. The Morgan fingerprint density at radius 1 is 0.938 bits per heavy atom. The number of ether oxygens (including phenoxy) is 1. The Morgan fingerprint density at radius 2 is 1.69 bits per heavy atom. The van der Waals surface area contributed by atoms with E-state index in [2.05, 4.69) is 24.3 Å². The minimum absolute atomic E-state index is 0.693. The summed E-state index contributed by atoms with van der Waals surface area (Å²) in [5.74, 6) is 1.62. The van der Waals surface area contributed by atoms with Crippen LogP contribution in [-0.2, 0) is 0 Å². The lowest BCUT2D eigenvalue weighted by molar-refractivity contribution is 0.393. The summed E-state index contributed by atoms with van der Waals surface area (Å²) < 4.78 is 5.58. The molecule has 16 heavy (non-hydrogen) atoms. The highest BCUT2D eigenvalue weighted by Crippen LogP contribution is 2.23. The van der Waals surface area contributed by atoms with Crippen LogP contribution in [0.15, 0.2) is 54.6 Å². The van der Waals surface area contributed by atoms with E-state index >= 15 is 0 Å². The first-order valence-electron chi connectivity index (χ1n) is 5.17. The predicted molar refractivity (Wildman–Crippen MR) is 70.9 cm³/mol. The Labute approximate surface area is 100 Å². The van der Waals surface area contributed by atoms with E-state index in [0.717, 1.165) is 5.75 Å². The van der Waals surface area contributed by atoms with Crippen molar-refractivity contribution < 1.29 is 4.74 Å². The van der Waals surface area contributed by atoms with Crippen LogP contribution in [0, 0.1) is 0 Å². The summed E-state index contributed by atoms with van der Waals surface area (Å²) in [5.41, 5.74) is 2.41. The predicted octanol–water partition coefficient (Wildman–Crippen LogP) is 4.05. The van der Waals surface area contributed by atoms with Gasteiger partial charge in [-0.1, -0.05) is 42.5 Å². The fraction of sp³-hybridized carbons (Fsp3) is 0.143. The van der Waals surface area contributed by atoms with Gasteiger partial charge in [-0.2, -0.15) is 0 Å². The molecule has 0 atom stereocenters. The topological polar surface area (TPSA) is 9.23 Å². The maximum absolute atomic E-state index is 5.58. The van der Waals surface area contributed by atoms with Crippen LogP contribution in [0.2, 0.25) is 0 Å². The third-order valence-corrected chi connectivity index (χ3v) is 2.64. The van der Waals surface area contributed by atoms with Gasteiger partial charge in [-0.25, -0.2) is 0 Å². The van der Waals surface area contributed by atoms with Gasteiger partial charge >= 0.3 is 0 Å². The van der Waals surface area contributed by atoms with Gasteiger partial charge in [-0.05, 0) is 29.5 Å². The molecule has 0 spiro atoms. The Morgan fingerprint density at radius 3 is 2.44 bits per heavy atom. The molecule has 0 aromatic heterocycles. The average molecular weight is 230 g/mol. The van der Waals surface area contributed by atoms with E-state index in [4.69, 9.17) is 4.74 Å². The molecule has 0 fully saturated rings. The highest BCUT2D eigenvalue weighted by Gasteiger charge is 1.98. The van der Waals surface area contributed by atoms with Crippen LogP contribution < -0.4 is 4.74 Å². The Kier molecular flexibility index (Phi) is 3.89. The molecule has 1 nitrogen and oxygen atoms in total. The second kappa shape index (κ2) is 5.61. The molecule has 2 aromatic carbocycles. The second-order valence-corrected chi connectivity index (χ2v) is 4.26. The van der Waals surface area contributed by atoms with Gasteiger partial charge in [0.15, 0.2) is 0 Å². The molecule has 82 valence electrons. The Hall–Kier alpha value is -1.41. The van der Waals surface area contributed by atoms with Gasteiger partial charge < -0.3 is 4.74 Å². The summed E-state index contributed by atoms with van der Waals surface area (Å²) >= 11 is 1.68. The van der Waals surface area contributed by atoms with E-state index in [1.165, 1.54) is 11.1 Å². The molecule has 0 heterocycles. The van der Waals surface area contributed by atoms with Gasteiger partial charge in [0.1, 0.15) is 11.7 Å². The van der Waals surface area contributed by atoms with Crippen molar-refractivity contribution in [3.8, 4) is 16.9 Å². The lowest BCUT2D eigenvalue weighted by Crippen LogP contribution is -1.91. The fourth-order valence-electron chi connectivity index (χ4n) is 1.52. The molecule has 0 aliphatic rings. The van der Waals surface area contributed by atoms with Crippen LogP contribution in [0.4, 0.5) is 0 Å². The van der Waals surface area contributed by atoms with Gasteiger partial charge in [0.25, 0.3) is 0 Å². The summed E-state index contributed by atoms with van der Waals surface area (Å²) in [6.45, 7) is 0. The smallest absolute Gasteiger partial charge is 0.133 e. The van der Waals surface area contributed by atoms with Crippen molar-refractivity contribution in [1.29, 1.82) is 0 Å². The van der Waals surface area contributed by atoms with Crippen molar-refractivity contribution in [2.75, 3.05) is 12.2 Å². The Balaban J connectivity index is 2.22. The minimum atomic E-state index is 0.693. The minimum Gasteiger partial charge on any atom is -0.483 e. The molecule has 0 radical (unpaired) electrons. The van der Waals surface area contributed by atoms with Crippen LogP contribution in [-0.4, -0.2) is 12.2 Å². The number of hydrogen-bond acceptors (Lipinski definition) is 2. The van der Waals surface area contributed by atoms with E-state index < -0.39 is 0 Å². The van der Waals surface area contributed by atoms with Crippen LogP contribution in [0.3, 0.4) is 0 Å². The van der Waals surface area contributed by atoms with Gasteiger partial charge in [0, 0.05) is 0 Å². The highest BCUT2D eigenvalue weighted by atomic mass is 32.2. The van der Waals surface area contributed by atoms with Crippen LogP contribution in [0.25, 0.3) is 11.1 Å². The van der Waals surface area contributed by atoms with Crippen molar-refractivity contribution in [1.82, 2.24) is 0 Å². The van der Waals surface area contributed by atoms with Crippen molar-refractivity contribution in [3.05, 3.63) is 54.6 Å². The van der Waals surface area contributed by atoms with E-state index in [0.29, 0.717) is 5.94 Å². The molecule has 0 aliphatic heterocycles. The summed E-state index contributed by atoms with van der Waals surface area (Å²) in [4.78, 5) is 0. The van der Waals surface area contributed by atoms with E-state index in [9.17, 15) is 0 Å². The van der Waals surface area contributed by atoms with Gasteiger partial charge in [0.2, 0.25) is 0 Å². The summed E-state index contributed by atoms with van der Waals surface area (Å²) in [6.07, 6.45) is 2.03. The zero-order valence-electron chi connectivity index (χ0n) is 9.22. The molecule has 0 unspecified atom stereocenters. The molecule has 2 heteroatoms. The molecule has 2 aromatic rings. The molecular formula is C14H14OS. The molecular weight excluding hydrogens is 216 g/mol. The summed E-state index contributed by atoms with van der Waals surface area (Å²) in [6, 6.07) is 18.5. The van der Waals surface area contributed by atoms with Gasteiger partial charge in [0.05, 0.1) is 0 Å². The standard InChI is InChI=1S/C14H14OS/c1-16-11-15-14-9-5-8-13(10-14)12-6-3-2-4-7-12/h2-10H,11H2,1H3. The lowest BCUT2D eigenvalue weighted by atomic mass is 10.1. The van der Waals surface area contributed by atoms with Crippen LogP contribution in [0.1, 0.15) is 0 Å². The summed E-state index contributed by atoms with van der Waals surface area (Å²) in [5, 5.41) is 0. The molecule has 0 N–H and O–H groups in total. The monoisotopic (exact) mass is 230 g/mol. The van der Waals surface area contributed by atoms with Gasteiger partial charge in [-0.15, -0.1) is 11.8 Å². The molecule has 0 amide bonds. The van der Waals surface area contributed by atoms with Crippen molar-refractivity contribution in [2.24, 2.45) is 0 Å². The number of rotatable bonds is 4. The lowest BCUT2D eigenvalue weighted by Gasteiger charge is -2.06. The van der Waals surface area contributed by atoms with Crippen LogP contribution >= 0.6 is 11.8 Å². The highest BCUT2D eigenvalue weighted by molar-refractivity contribution is 7.98. The average Bonchev–Trinajstić information content (AvgIpc) is 2.38. The maximum Gasteiger partial charge on any atom is 0.133 e. The SMILES string of the molecule is CSCOc1cccc(-c2ccccc2)c1. The molecule has 0 bridgehead atoms. The van der Waals surface area contributed by atoms with Crippen molar-refractivity contribution in [3.63, 3.8) is 0 Å². The molecule has 2 rings (SSSR count). The third-order valence-electron chi connectivity index (χ3n) is 2.28. The quantitative estimate of drug-likeness (QED) is 0.733. The van der Waals surface area contributed by atoms with E-state index in [1.807, 2.05) is 36.6 Å². The van der Waals surface area contributed by atoms with Crippen LogP contribution in [0.5, 0.6) is 5.75 Å². The number of benzene rings is 2. The normalized spacial score (nSPS) is 10.1. The zero-order chi connectivity index (χ0) is 11.2. The zero-order valence-corrected chi connectivity index (χ0v) is 10.0. The Bertz CT molecular complexity index is 439. The van der Waals surface area contributed by atoms with E-state index in [-0.39, 0.29) is 0 Å². The second-order valence-electron chi connectivity index (χ2n) is 3.44. The first kappa shape index (κ1) is 11.1. The number of thioether (sulfide) groups is 1. The van der Waals surface area contributed by atoms with E-state index in [1.54, 1.807) is 11.8 Å². The third kappa shape index (κ3) is 2.80. The molecule has 0 aliphatic carbocycles. The number of hydrogen-bond donors (Lipinski definition) is 0. The maximum atomic E-state index is 5.58. The first-order chi connectivity index (χ1) is 7.90. The first-order valence-corrected chi connectivity index (χ1v) is 6.57.